The number of nitriles is 1. The summed E-state index contributed by atoms with van der Waals surface area (Å²) in [4.78, 5) is 16.8. The number of hydrogen-bond donors (Lipinski definition) is 0. The van der Waals surface area contributed by atoms with Gasteiger partial charge in [-0.25, -0.2) is 4.98 Å². The van der Waals surface area contributed by atoms with Crippen LogP contribution in [0.5, 0.6) is 0 Å². The maximum absolute atomic E-state index is 12.4. The lowest BCUT2D eigenvalue weighted by Crippen LogP contribution is -2.19. The van der Waals surface area contributed by atoms with Crippen molar-refractivity contribution in [3.05, 3.63) is 112 Å². The zero-order valence-corrected chi connectivity index (χ0v) is 15.7. The Morgan fingerprint density at radius 2 is 1.76 bits per heavy atom. The quantitative estimate of drug-likeness (QED) is 0.510. The molecule has 0 N–H and O–H groups in total. The van der Waals surface area contributed by atoms with Gasteiger partial charge in [-0.2, -0.15) is 5.26 Å². The van der Waals surface area contributed by atoms with E-state index in [0.29, 0.717) is 24.2 Å². The molecule has 138 valence electrons. The maximum atomic E-state index is 12.4. The van der Waals surface area contributed by atoms with E-state index < -0.39 is 0 Å². The molecule has 0 fully saturated rings. The average molecular weight is 375 g/mol. The van der Waals surface area contributed by atoms with Crippen molar-refractivity contribution in [2.45, 2.75) is 13.0 Å². The summed E-state index contributed by atoms with van der Waals surface area (Å²) in [6, 6.07) is 22.9. The average Bonchev–Trinajstić information content (AvgIpc) is 2.75. The van der Waals surface area contributed by atoms with Crippen molar-refractivity contribution in [2.75, 3.05) is 0 Å². The van der Waals surface area contributed by atoms with E-state index >= 15 is 0 Å². The minimum atomic E-state index is -0.107. The van der Waals surface area contributed by atoms with Crippen LogP contribution in [0.1, 0.15) is 22.4 Å². The normalized spacial score (nSPS) is 10.2. The number of hydrogen-bond acceptors (Lipinski definition) is 3. The summed E-state index contributed by atoms with van der Waals surface area (Å²) in [7, 11) is 0. The molecule has 4 nitrogen and oxygen atoms in total. The van der Waals surface area contributed by atoms with Gasteiger partial charge >= 0.3 is 0 Å². The van der Waals surface area contributed by atoms with Crippen LogP contribution in [0.15, 0.2) is 83.9 Å². The molecule has 2 aromatic heterocycles. The Morgan fingerprint density at radius 1 is 0.931 bits per heavy atom. The highest BCUT2D eigenvalue weighted by Crippen LogP contribution is 2.13. The van der Waals surface area contributed by atoms with E-state index in [2.05, 4.69) is 22.9 Å². The summed E-state index contributed by atoms with van der Waals surface area (Å²) < 4.78 is 1.64. The minimum Gasteiger partial charge on any atom is -0.310 e. The smallest absolute Gasteiger partial charge is 0.251 e. The number of nitrogens with zero attached hydrogens (tertiary/aromatic N) is 3. The monoisotopic (exact) mass is 375 g/mol. The highest BCUT2D eigenvalue weighted by atomic mass is 16.1. The first kappa shape index (κ1) is 18.2. The highest BCUT2D eigenvalue weighted by molar-refractivity contribution is 5.81. The lowest BCUT2D eigenvalue weighted by Gasteiger charge is -2.08. The van der Waals surface area contributed by atoms with E-state index in [1.54, 1.807) is 29.0 Å². The predicted molar refractivity (Wildman–Crippen MR) is 113 cm³/mol. The molecule has 0 radical (unpaired) electrons. The largest absolute Gasteiger partial charge is 0.310 e. The van der Waals surface area contributed by atoms with Crippen molar-refractivity contribution in [3.63, 3.8) is 0 Å². The predicted octanol–water partition coefficient (Wildman–Crippen LogP) is 3.91. The molecule has 4 heteroatoms. The van der Waals surface area contributed by atoms with E-state index in [1.807, 2.05) is 54.7 Å². The standard InChI is InChI=1S/C25H17N3O/c26-15-20-9-4-10-21(12-20)17-28-18-23-13-24(27-16-22(23)14-25(28)29)11-5-8-19-6-2-1-3-7-19/h1-4,6-7,9-10,12-14,16,18H,8,17H2. The van der Waals surface area contributed by atoms with Crippen LogP contribution in [0, 0.1) is 23.2 Å². The van der Waals surface area contributed by atoms with Crippen molar-refractivity contribution in [1.29, 1.82) is 5.26 Å². The fraction of sp³-hybridized carbons (Fsp3) is 0.0800. The first-order chi connectivity index (χ1) is 14.2. The summed E-state index contributed by atoms with van der Waals surface area (Å²) in [5, 5.41) is 10.7. The third-order valence-corrected chi connectivity index (χ3v) is 4.59. The van der Waals surface area contributed by atoms with Crippen molar-refractivity contribution in [1.82, 2.24) is 9.55 Å². The Morgan fingerprint density at radius 3 is 2.59 bits per heavy atom. The van der Waals surface area contributed by atoms with Gasteiger partial charge in [-0.15, -0.1) is 0 Å². The molecule has 0 amide bonds. The van der Waals surface area contributed by atoms with E-state index in [0.717, 1.165) is 21.9 Å². The Bertz CT molecular complexity index is 1340. The number of pyridine rings is 2. The second-order valence-electron chi connectivity index (χ2n) is 6.71. The van der Waals surface area contributed by atoms with Gasteiger partial charge in [-0.1, -0.05) is 48.4 Å². The van der Waals surface area contributed by atoms with E-state index in [1.165, 1.54) is 0 Å². The van der Waals surface area contributed by atoms with Gasteiger partial charge < -0.3 is 4.57 Å². The van der Waals surface area contributed by atoms with Crippen molar-refractivity contribution in [3.8, 4) is 17.9 Å². The van der Waals surface area contributed by atoms with Gasteiger partial charge in [0.15, 0.2) is 0 Å². The van der Waals surface area contributed by atoms with Crippen molar-refractivity contribution >= 4 is 10.8 Å². The first-order valence-electron chi connectivity index (χ1n) is 9.23. The third kappa shape index (κ3) is 4.40. The molecule has 0 bridgehead atoms. The number of rotatable bonds is 3. The minimum absolute atomic E-state index is 0.107. The van der Waals surface area contributed by atoms with Gasteiger partial charge in [0.1, 0.15) is 5.69 Å². The Hall–Kier alpha value is -4.15. The molecule has 0 aliphatic rings. The Labute approximate surface area is 168 Å². The molecule has 0 atom stereocenters. The van der Waals surface area contributed by atoms with Gasteiger partial charge in [-0.05, 0) is 35.2 Å². The van der Waals surface area contributed by atoms with Gasteiger partial charge in [0.25, 0.3) is 5.56 Å². The summed E-state index contributed by atoms with van der Waals surface area (Å²) in [6.07, 6.45) is 4.17. The third-order valence-electron chi connectivity index (χ3n) is 4.59. The van der Waals surface area contributed by atoms with Crippen LogP contribution in [-0.4, -0.2) is 9.55 Å². The Balaban J connectivity index is 1.62. The lowest BCUT2D eigenvalue weighted by atomic mass is 10.1. The molecule has 4 rings (SSSR count). The topological polar surface area (TPSA) is 58.7 Å². The fourth-order valence-electron chi connectivity index (χ4n) is 3.12. The molecule has 29 heavy (non-hydrogen) atoms. The molecule has 2 aromatic carbocycles. The fourth-order valence-corrected chi connectivity index (χ4v) is 3.12. The van der Waals surface area contributed by atoms with E-state index in [-0.39, 0.29) is 5.56 Å². The van der Waals surface area contributed by atoms with Crippen molar-refractivity contribution in [2.24, 2.45) is 0 Å². The maximum Gasteiger partial charge on any atom is 0.251 e. The second-order valence-corrected chi connectivity index (χ2v) is 6.71. The highest BCUT2D eigenvalue weighted by Gasteiger charge is 2.04. The molecular formula is C25H17N3O. The van der Waals surface area contributed by atoms with Crippen LogP contribution < -0.4 is 5.56 Å². The number of fused-ring (bicyclic) bond motifs is 1. The first-order valence-corrected chi connectivity index (χ1v) is 9.23. The van der Waals surface area contributed by atoms with Gasteiger partial charge in [0.05, 0.1) is 18.2 Å². The molecule has 0 spiro atoms. The van der Waals surface area contributed by atoms with Crippen LogP contribution in [0.25, 0.3) is 10.8 Å². The Kier molecular flexibility index (Phi) is 5.18. The van der Waals surface area contributed by atoms with Gasteiger partial charge in [0, 0.05) is 35.7 Å². The molecule has 0 aliphatic heterocycles. The molecule has 2 heterocycles. The molecule has 0 aliphatic carbocycles. The van der Waals surface area contributed by atoms with Crippen LogP contribution in [0.2, 0.25) is 0 Å². The summed E-state index contributed by atoms with van der Waals surface area (Å²) in [6.45, 7) is 0.404. The van der Waals surface area contributed by atoms with E-state index in [4.69, 9.17) is 5.26 Å². The van der Waals surface area contributed by atoms with Crippen LogP contribution in [-0.2, 0) is 13.0 Å². The summed E-state index contributed by atoms with van der Waals surface area (Å²) in [5.74, 6) is 6.25. The summed E-state index contributed by atoms with van der Waals surface area (Å²) in [5.41, 5.74) is 3.21. The van der Waals surface area contributed by atoms with Crippen molar-refractivity contribution < 1.29 is 0 Å². The van der Waals surface area contributed by atoms with Crippen LogP contribution in [0.4, 0.5) is 0 Å². The van der Waals surface area contributed by atoms with E-state index in [9.17, 15) is 4.79 Å². The molecule has 0 unspecified atom stereocenters. The molecule has 0 saturated carbocycles. The lowest BCUT2D eigenvalue weighted by molar-refractivity contribution is 0.766. The second kappa shape index (κ2) is 8.25. The zero-order valence-electron chi connectivity index (χ0n) is 15.7. The van der Waals surface area contributed by atoms with Crippen LogP contribution in [0.3, 0.4) is 0 Å². The molecular weight excluding hydrogens is 358 g/mol. The SMILES string of the molecule is N#Cc1cccc(Cn2cc3cc(C#CCc4ccccc4)ncc3cc2=O)c1. The molecule has 0 saturated heterocycles. The zero-order chi connectivity index (χ0) is 20.1. The van der Waals surface area contributed by atoms with Gasteiger partial charge in [-0.3, -0.25) is 4.79 Å². The molecule has 4 aromatic rings. The van der Waals surface area contributed by atoms with Crippen LogP contribution >= 0.6 is 0 Å². The number of benzene rings is 2. The number of aromatic nitrogens is 2. The van der Waals surface area contributed by atoms with Gasteiger partial charge in [0.2, 0.25) is 0 Å². The summed E-state index contributed by atoms with van der Waals surface area (Å²) >= 11 is 0.